The fourth-order valence-corrected chi connectivity index (χ4v) is 21.7. The van der Waals surface area contributed by atoms with Crippen molar-refractivity contribution in [2.45, 2.75) is 162 Å². The van der Waals surface area contributed by atoms with Crippen LogP contribution in [0.15, 0.2) is 136 Å². The monoisotopic (exact) mass is 2210 g/mol. The second-order valence-corrected chi connectivity index (χ2v) is 39.1. The molecule has 0 amide bonds. The SMILES string of the molecule is CCOC(=O)Cn1c2nc(N(C)CC3CC(F)(F)C3)ccc2c(=O)c2ccc(Cl)c(SCC)c21.CCOC(=O)Cn1c2nc(NCC3CC(F)(F)C3)ccc2c(=O)c2ccc(Cl)c(SCC)c21.CCSc1c(Cl)ccc2c(=O)c3ccc(N(C)CC4CC(F)(F)C4)nc3n(CC(=O)O)c12.CCSc1c(Cl)ccc2c(=O)c3ccc(N(C)CC4CC(F)(F)C4)nc3n(C[C-]=O)c12.CI.[Na+].[Na+].[Na+].[OH-].[OH-].[OH-]. The molecular formula is C92H99Cl4F8IN12Na3O14S4-. The van der Waals surface area contributed by atoms with Crippen molar-refractivity contribution in [3.8, 4) is 0 Å². The van der Waals surface area contributed by atoms with Gasteiger partial charge in [0.1, 0.15) is 65.5 Å². The smallest absolute Gasteiger partial charge is 0.870 e. The number of ether oxygens (including phenoxy) is 2. The maximum Gasteiger partial charge on any atom is 1.00 e. The third kappa shape index (κ3) is 27.7. The number of carboxylic acid groups (broad SMARTS) is 1. The van der Waals surface area contributed by atoms with Crippen molar-refractivity contribution in [1.29, 1.82) is 0 Å². The van der Waals surface area contributed by atoms with Gasteiger partial charge in [-0.1, -0.05) is 103 Å². The summed E-state index contributed by atoms with van der Waals surface area (Å²) >= 11 is 33.8. The first-order valence-corrected chi connectivity index (χ1v) is 50.1. The molecule has 0 unspecified atom stereocenters. The van der Waals surface area contributed by atoms with Crippen molar-refractivity contribution in [2.75, 3.05) is 108 Å². The van der Waals surface area contributed by atoms with Crippen LogP contribution in [0.1, 0.15) is 92.9 Å². The van der Waals surface area contributed by atoms with Crippen molar-refractivity contribution in [3.05, 3.63) is 158 Å². The van der Waals surface area contributed by atoms with Gasteiger partial charge in [0.15, 0.2) is 21.7 Å². The van der Waals surface area contributed by atoms with Crippen LogP contribution in [0.25, 0.3) is 87.7 Å². The molecule has 4 fully saturated rings. The van der Waals surface area contributed by atoms with Crippen molar-refractivity contribution >= 4 is 251 Å². The molecule has 4 aliphatic carbocycles. The van der Waals surface area contributed by atoms with Gasteiger partial charge >= 0.3 is 107 Å². The molecule has 0 aliphatic heterocycles. The van der Waals surface area contributed by atoms with Crippen LogP contribution in [0.2, 0.25) is 20.1 Å². The van der Waals surface area contributed by atoms with Gasteiger partial charge in [0.25, 0.3) is 0 Å². The number of aliphatic carboxylic acids is 1. The second-order valence-electron chi connectivity index (χ2n) is 32.4. The summed E-state index contributed by atoms with van der Waals surface area (Å²) in [5, 5.41) is 17.7. The maximum atomic E-state index is 13.4. The maximum absolute atomic E-state index is 13.4. The zero-order valence-corrected chi connectivity index (χ0v) is 92.4. The molecule has 26 nitrogen and oxygen atoms in total. The number of carboxylic acids is 1. The third-order valence-corrected chi connectivity index (χ3v) is 28.4. The molecular weight excluding hydrogens is 2120 g/mol. The summed E-state index contributed by atoms with van der Waals surface area (Å²) in [5.74, 6) is -8.01. The fourth-order valence-electron chi connectivity index (χ4n) is 17.0. The van der Waals surface area contributed by atoms with E-state index in [2.05, 4.69) is 42.9 Å². The molecule has 138 heavy (non-hydrogen) atoms. The van der Waals surface area contributed by atoms with Crippen LogP contribution in [-0.4, -0.2) is 196 Å². The summed E-state index contributed by atoms with van der Waals surface area (Å²) in [6.07, 6.45) is 0.754. The topological polar surface area (TPSA) is 358 Å². The quantitative estimate of drug-likeness (QED) is 0.00617. The molecule has 0 saturated heterocycles. The Kier molecular flexibility index (Phi) is 45.9. The first kappa shape index (κ1) is 121. The van der Waals surface area contributed by atoms with E-state index in [0.717, 1.165) is 5.75 Å². The largest absolute Gasteiger partial charge is 1.00 e. The number of esters is 2. The number of fused-ring (bicyclic) bond motifs is 8. The van der Waals surface area contributed by atoms with Gasteiger partial charge in [-0.3, -0.25) is 33.6 Å². The van der Waals surface area contributed by atoms with E-state index in [4.69, 9.17) is 60.9 Å². The molecule has 0 radical (unpaired) electrons. The van der Waals surface area contributed by atoms with E-state index in [1.54, 1.807) is 151 Å². The van der Waals surface area contributed by atoms with Crippen LogP contribution in [0.5, 0.6) is 0 Å². The minimum Gasteiger partial charge on any atom is -0.870 e. The van der Waals surface area contributed by atoms with Crippen LogP contribution in [0, 0.1) is 23.7 Å². The number of benzene rings is 4. The van der Waals surface area contributed by atoms with Gasteiger partial charge in [-0.05, 0) is 163 Å². The molecule has 4 aliphatic rings. The number of carbonyl (C=O) groups excluding carboxylic acids is 3. The first-order chi connectivity index (χ1) is 62.7. The number of anilines is 4. The number of carbonyl (C=O) groups is 3. The number of alkyl halides is 9. The van der Waals surface area contributed by atoms with Crippen molar-refractivity contribution in [2.24, 2.45) is 23.7 Å². The Hall–Kier alpha value is -5.75. The average Bonchev–Trinajstić information content (AvgIpc) is 0.743. The van der Waals surface area contributed by atoms with Crippen LogP contribution < -0.4 is 130 Å². The van der Waals surface area contributed by atoms with Gasteiger partial charge in [-0.25, -0.2) is 61.3 Å². The number of rotatable bonds is 30. The average molecular weight is 2210 g/mol. The third-order valence-electron chi connectivity index (χ3n) is 22.7. The number of nitrogens with zero attached hydrogens (tertiary/aromatic N) is 11. The van der Waals surface area contributed by atoms with Crippen molar-refractivity contribution in [1.82, 2.24) is 38.2 Å². The molecule has 5 N–H and O–H groups in total. The Morgan fingerprint density at radius 1 is 0.420 bits per heavy atom. The molecule has 12 aromatic rings. The van der Waals surface area contributed by atoms with E-state index >= 15 is 0 Å². The van der Waals surface area contributed by atoms with E-state index in [1.807, 2.05) is 48.7 Å². The Balaban J connectivity index is 0.000000277. The first-order valence-electron chi connectivity index (χ1n) is 42.5. The van der Waals surface area contributed by atoms with E-state index in [1.165, 1.54) is 51.6 Å². The van der Waals surface area contributed by atoms with Gasteiger partial charge in [0.05, 0.1) is 96.5 Å². The molecule has 46 heteroatoms. The molecule has 8 heterocycles. The Morgan fingerprint density at radius 3 is 0.942 bits per heavy atom. The fraction of sp³-hybridized carbons (Fsp3) is 0.435. The van der Waals surface area contributed by atoms with Crippen LogP contribution >= 0.6 is 116 Å². The Bertz CT molecular complexity index is 6690. The molecule has 4 saturated carbocycles. The van der Waals surface area contributed by atoms with Crippen LogP contribution in [0.4, 0.5) is 58.4 Å². The predicted octanol–water partition coefficient (Wildman–Crippen LogP) is 12.0. The van der Waals surface area contributed by atoms with Crippen LogP contribution in [0.3, 0.4) is 0 Å². The predicted molar refractivity (Wildman–Crippen MR) is 531 cm³/mol. The normalized spacial score (nSPS) is 14.8. The van der Waals surface area contributed by atoms with Crippen molar-refractivity contribution < 1.29 is 174 Å². The zero-order chi connectivity index (χ0) is 95.9. The summed E-state index contributed by atoms with van der Waals surface area (Å²) in [6, 6.07) is 26.6. The summed E-state index contributed by atoms with van der Waals surface area (Å²) in [6.45, 7) is 12.6. The van der Waals surface area contributed by atoms with Gasteiger partial charge in [-0.2, -0.15) is 0 Å². The number of nitrogens with one attached hydrogen (secondary N) is 1. The van der Waals surface area contributed by atoms with E-state index in [-0.39, 0.29) is 240 Å². The molecule has 0 bridgehead atoms. The number of thioether (sulfide) groups is 4. The summed E-state index contributed by atoms with van der Waals surface area (Å²) < 4.78 is 123. The zero-order valence-electron chi connectivity index (χ0n) is 77.9. The van der Waals surface area contributed by atoms with E-state index < -0.39 is 48.1 Å². The number of hydrogen-bond acceptors (Lipinski definition) is 25. The molecule has 0 atom stereocenters. The van der Waals surface area contributed by atoms with Gasteiger partial charge < -0.3 is 74.1 Å². The second kappa shape index (κ2) is 52.3. The standard InChI is InChI=1S/C24H26ClF2N3O3S.C23H24ClF2N3O3S.C22H22ClF2N3O3S.C22H21ClF2N3O2S.CH3I.3Na.3H2O/c1-4-33-19(31)13-30-20-15(6-8-17(25)22(20)34-5-2)21(32)16-7-9-18(28-23(16)30)29(3)12-14-10-24(26,27)11-14;1-3-32-18(30)12-29-19-14(5-7-16(24)21(19)33-4-2)20(31)15-6-8-17(28-22(15)29)27-11-13-9-23(25,26)10-13;1-3-32-20-15(23)6-4-13-18(20)28(11-17(29)30)21-14(19(13)31)5-7-16(26-21)27(2)10-12-8-22(24,25)9-12;1-3-31-20-16(23)6-4-14-18(20)28(8-9-29)21-15(19(14)30)5-7-17(26-21)27(2)12-13-10-22(24,25)11-13;1-2;;;;;;/h6-9,14H,4-5,10-13H2,1-3H3;5-8,13H,3-4,9-12H2,1-2H3,(H,27,28);4-7,12H,3,8-11H2,1-2H3,(H,29,30);4-7,13H,3,8,10-12H2,1-2H3;1H3;;;;3*1H2/q;;;-1;;3*+1;;;/p-3. The molecule has 8 aromatic heterocycles. The minimum absolute atomic E-state index is 0. The number of pyridine rings is 8. The summed E-state index contributed by atoms with van der Waals surface area (Å²) in [7, 11) is 5.32. The Morgan fingerprint density at radius 2 is 0.674 bits per heavy atom. The van der Waals surface area contributed by atoms with Gasteiger partial charge in [0.2, 0.25) is 23.7 Å². The van der Waals surface area contributed by atoms with Crippen molar-refractivity contribution in [3.63, 3.8) is 0 Å². The number of halogens is 13. The van der Waals surface area contributed by atoms with Crippen LogP contribution in [-0.2, 0) is 54.8 Å². The summed E-state index contributed by atoms with van der Waals surface area (Å²) in [4.78, 5) is 130. The minimum atomic E-state index is -2.60. The number of hydrogen-bond donors (Lipinski definition) is 2. The Labute approximate surface area is 906 Å². The van der Waals surface area contributed by atoms with Gasteiger partial charge in [0, 0.05) is 120 Å². The molecule has 4 aromatic carbocycles. The molecule has 0 spiro atoms. The van der Waals surface area contributed by atoms with E-state index in [9.17, 15) is 78.6 Å². The van der Waals surface area contributed by atoms with Gasteiger partial charge in [-0.15, -0.1) is 47.0 Å². The van der Waals surface area contributed by atoms with E-state index in [0.29, 0.717) is 188 Å². The number of aromatic nitrogens is 8. The molecule has 16 rings (SSSR count). The summed E-state index contributed by atoms with van der Waals surface area (Å²) in [5.41, 5.74) is 2.41. The molecule has 730 valence electrons.